The van der Waals surface area contributed by atoms with Crippen LogP contribution in [0.3, 0.4) is 0 Å². The minimum absolute atomic E-state index is 0.0899. The number of nitrogens with one attached hydrogen (secondary N) is 1. The fourth-order valence-electron chi connectivity index (χ4n) is 1.78. The van der Waals surface area contributed by atoms with Crippen molar-refractivity contribution in [3.8, 4) is 0 Å². The molecule has 1 saturated heterocycles. The number of amides is 1. The fourth-order valence-corrected chi connectivity index (χ4v) is 2.97. The minimum atomic E-state index is -0.464. The van der Waals surface area contributed by atoms with E-state index in [-0.39, 0.29) is 5.91 Å². The van der Waals surface area contributed by atoms with Crippen LogP contribution in [0.15, 0.2) is 33.6 Å². The summed E-state index contributed by atoms with van der Waals surface area (Å²) in [6.45, 7) is 4.10. The molecule has 1 aromatic rings. The van der Waals surface area contributed by atoms with Crippen LogP contribution < -0.4 is 5.32 Å². The van der Waals surface area contributed by atoms with Crippen molar-refractivity contribution in [2.45, 2.75) is 23.2 Å². The highest BCUT2D eigenvalue weighted by atomic mass is 79.9. The summed E-state index contributed by atoms with van der Waals surface area (Å²) in [5, 5.41) is 3.21. The maximum atomic E-state index is 11.9. The summed E-state index contributed by atoms with van der Waals surface area (Å²) in [5.41, 5.74) is 0. The summed E-state index contributed by atoms with van der Waals surface area (Å²) in [4.78, 5) is 13.1. The molecule has 4 nitrogen and oxygen atoms in total. The van der Waals surface area contributed by atoms with E-state index in [1.165, 1.54) is 4.90 Å². The second kappa shape index (κ2) is 8.02. The number of hydrogen-bond donors (Lipinski definition) is 1. The van der Waals surface area contributed by atoms with Gasteiger partial charge in [0.15, 0.2) is 6.10 Å². The summed E-state index contributed by atoms with van der Waals surface area (Å²) >= 11 is 5.15. The van der Waals surface area contributed by atoms with E-state index in [4.69, 9.17) is 9.47 Å². The monoisotopic (exact) mass is 359 g/mol. The minimum Gasteiger partial charge on any atom is -0.376 e. The third-order valence-corrected chi connectivity index (χ3v) is 4.47. The van der Waals surface area contributed by atoms with E-state index in [9.17, 15) is 4.79 Å². The van der Waals surface area contributed by atoms with Crippen molar-refractivity contribution < 1.29 is 14.3 Å². The van der Waals surface area contributed by atoms with E-state index in [1.54, 1.807) is 11.8 Å². The van der Waals surface area contributed by atoms with E-state index in [2.05, 4.69) is 40.3 Å². The molecule has 6 heteroatoms. The average molecular weight is 360 g/mol. The van der Waals surface area contributed by atoms with E-state index in [0.29, 0.717) is 31.6 Å². The van der Waals surface area contributed by atoms with Crippen LogP contribution in [-0.4, -0.2) is 43.6 Å². The molecular weight excluding hydrogens is 342 g/mol. The van der Waals surface area contributed by atoms with Gasteiger partial charge in [0, 0.05) is 21.2 Å². The molecule has 1 aliphatic heterocycles. The predicted octanol–water partition coefficient (Wildman–Crippen LogP) is 2.46. The van der Waals surface area contributed by atoms with Crippen LogP contribution >= 0.6 is 27.7 Å². The molecule has 0 unspecified atom stereocenters. The highest BCUT2D eigenvalue weighted by Crippen LogP contribution is 2.24. The van der Waals surface area contributed by atoms with Crippen molar-refractivity contribution in [3.63, 3.8) is 0 Å². The lowest BCUT2D eigenvalue weighted by Crippen LogP contribution is -2.44. The summed E-state index contributed by atoms with van der Waals surface area (Å²) in [7, 11) is 0. The standard InChI is InChI=1S/C14H18BrNO3S/c1-10(20-12-4-2-11(15)3-5-12)8-16-14(17)13-9-18-6-7-19-13/h2-5,10,13H,6-9H2,1H3,(H,16,17)/t10-,13+/m0/s1. The molecule has 1 N–H and O–H groups in total. The third-order valence-electron chi connectivity index (χ3n) is 2.82. The molecule has 1 fully saturated rings. The molecule has 0 saturated carbocycles. The summed E-state index contributed by atoms with van der Waals surface area (Å²) in [6.07, 6.45) is -0.464. The van der Waals surface area contributed by atoms with Gasteiger partial charge in [-0.1, -0.05) is 22.9 Å². The van der Waals surface area contributed by atoms with Crippen molar-refractivity contribution in [2.24, 2.45) is 0 Å². The van der Waals surface area contributed by atoms with Gasteiger partial charge < -0.3 is 14.8 Å². The molecule has 20 heavy (non-hydrogen) atoms. The Morgan fingerprint density at radius 1 is 1.45 bits per heavy atom. The van der Waals surface area contributed by atoms with Crippen molar-refractivity contribution in [1.82, 2.24) is 5.32 Å². The number of halogens is 1. The Morgan fingerprint density at radius 2 is 2.20 bits per heavy atom. The van der Waals surface area contributed by atoms with Gasteiger partial charge in [-0.3, -0.25) is 4.79 Å². The SMILES string of the molecule is C[C@@H](CNC(=O)[C@H]1COCCO1)Sc1ccc(Br)cc1. The molecule has 2 rings (SSSR count). The Bertz CT molecular complexity index is 435. The Kier molecular flexibility index (Phi) is 6.35. The normalized spacial score (nSPS) is 20.4. The largest absolute Gasteiger partial charge is 0.376 e. The quantitative estimate of drug-likeness (QED) is 0.820. The lowest BCUT2D eigenvalue weighted by molar-refractivity contribution is -0.147. The average Bonchev–Trinajstić information content (AvgIpc) is 2.48. The van der Waals surface area contributed by atoms with Crippen LogP contribution in [0.5, 0.6) is 0 Å². The van der Waals surface area contributed by atoms with Crippen LogP contribution in [0, 0.1) is 0 Å². The fraction of sp³-hybridized carbons (Fsp3) is 0.500. The molecule has 1 aliphatic rings. The molecule has 1 amide bonds. The van der Waals surface area contributed by atoms with Crippen molar-refractivity contribution >= 4 is 33.6 Å². The molecule has 0 aromatic heterocycles. The van der Waals surface area contributed by atoms with Gasteiger partial charge in [0.25, 0.3) is 5.91 Å². The number of rotatable bonds is 5. The molecule has 0 aliphatic carbocycles. The topological polar surface area (TPSA) is 47.6 Å². The number of carbonyl (C=O) groups excluding carboxylic acids is 1. The molecule has 1 heterocycles. The van der Waals surface area contributed by atoms with Crippen molar-refractivity contribution in [1.29, 1.82) is 0 Å². The number of thioether (sulfide) groups is 1. The molecular formula is C14H18BrNO3S. The number of hydrogen-bond acceptors (Lipinski definition) is 4. The lowest BCUT2D eigenvalue weighted by atomic mass is 10.3. The zero-order valence-corrected chi connectivity index (χ0v) is 13.7. The maximum absolute atomic E-state index is 11.9. The first-order valence-corrected chi connectivity index (χ1v) is 8.21. The second-order valence-electron chi connectivity index (χ2n) is 4.56. The van der Waals surface area contributed by atoms with Crippen LogP contribution in [-0.2, 0) is 14.3 Å². The van der Waals surface area contributed by atoms with Gasteiger partial charge in [0.2, 0.25) is 0 Å². The van der Waals surface area contributed by atoms with E-state index in [0.717, 1.165) is 4.47 Å². The lowest BCUT2D eigenvalue weighted by Gasteiger charge is -2.22. The smallest absolute Gasteiger partial charge is 0.251 e. The first kappa shape index (κ1) is 15.8. The Morgan fingerprint density at radius 3 is 2.85 bits per heavy atom. The zero-order chi connectivity index (χ0) is 14.4. The van der Waals surface area contributed by atoms with Crippen LogP contribution in [0.4, 0.5) is 0 Å². The van der Waals surface area contributed by atoms with E-state index in [1.807, 2.05) is 12.1 Å². The van der Waals surface area contributed by atoms with Crippen LogP contribution in [0.1, 0.15) is 6.92 Å². The Hall–Kier alpha value is -0.560. The van der Waals surface area contributed by atoms with Crippen molar-refractivity contribution in [3.05, 3.63) is 28.7 Å². The highest BCUT2D eigenvalue weighted by Gasteiger charge is 2.22. The summed E-state index contributed by atoms with van der Waals surface area (Å²) in [5.74, 6) is -0.0899. The van der Waals surface area contributed by atoms with Gasteiger partial charge in [0.1, 0.15) is 0 Å². The van der Waals surface area contributed by atoms with E-state index < -0.39 is 6.10 Å². The van der Waals surface area contributed by atoms with Gasteiger partial charge in [-0.15, -0.1) is 11.8 Å². The molecule has 0 bridgehead atoms. The van der Waals surface area contributed by atoms with Gasteiger partial charge in [-0.05, 0) is 24.3 Å². The molecule has 2 atom stereocenters. The third kappa shape index (κ3) is 5.09. The number of ether oxygens (including phenoxy) is 2. The molecule has 1 aromatic carbocycles. The van der Waals surface area contributed by atoms with Crippen LogP contribution in [0.25, 0.3) is 0 Å². The zero-order valence-electron chi connectivity index (χ0n) is 11.3. The molecule has 0 spiro atoms. The van der Waals surface area contributed by atoms with Crippen LogP contribution in [0.2, 0.25) is 0 Å². The summed E-state index contributed by atoms with van der Waals surface area (Å²) in [6, 6.07) is 8.15. The molecule has 0 radical (unpaired) electrons. The summed E-state index contributed by atoms with van der Waals surface area (Å²) < 4.78 is 11.6. The highest BCUT2D eigenvalue weighted by molar-refractivity contribution is 9.10. The maximum Gasteiger partial charge on any atom is 0.251 e. The number of carbonyl (C=O) groups is 1. The second-order valence-corrected chi connectivity index (χ2v) is 6.99. The first-order valence-electron chi connectivity index (χ1n) is 6.54. The number of benzene rings is 1. The Balaban J connectivity index is 1.72. The predicted molar refractivity (Wildman–Crippen MR) is 83.0 cm³/mol. The van der Waals surface area contributed by atoms with E-state index >= 15 is 0 Å². The van der Waals surface area contributed by atoms with Gasteiger partial charge in [-0.2, -0.15) is 0 Å². The van der Waals surface area contributed by atoms with Gasteiger partial charge >= 0.3 is 0 Å². The van der Waals surface area contributed by atoms with Crippen molar-refractivity contribution in [2.75, 3.05) is 26.4 Å². The first-order chi connectivity index (χ1) is 9.65. The molecule has 110 valence electrons. The van der Waals surface area contributed by atoms with Gasteiger partial charge in [0.05, 0.1) is 19.8 Å². The van der Waals surface area contributed by atoms with Gasteiger partial charge in [-0.25, -0.2) is 0 Å². The Labute approximate surface area is 131 Å².